The van der Waals surface area contributed by atoms with Crippen molar-refractivity contribution in [3.63, 3.8) is 0 Å². The van der Waals surface area contributed by atoms with Crippen LogP contribution in [0.2, 0.25) is 0 Å². The molecule has 0 aliphatic carbocycles. The van der Waals surface area contributed by atoms with Crippen LogP contribution in [0.25, 0.3) is 0 Å². The van der Waals surface area contributed by atoms with Crippen LogP contribution < -0.4 is 5.73 Å². The molecule has 1 rings (SSSR count). The van der Waals surface area contributed by atoms with E-state index in [9.17, 15) is 4.79 Å². The van der Waals surface area contributed by atoms with Gasteiger partial charge in [0.1, 0.15) is 0 Å². The predicted octanol–water partition coefficient (Wildman–Crippen LogP) is 1.54. The normalized spacial score (nSPS) is 27.2. The van der Waals surface area contributed by atoms with E-state index in [0.29, 0.717) is 18.5 Å². The molecule has 1 saturated heterocycles. The molecule has 3 nitrogen and oxygen atoms in total. The van der Waals surface area contributed by atoms with Crippen molar-refractivity contribution in [1.29, 1.82) is 0 Å². The summed E-state index contributed by atoms with van der Waals surface area (Å²) < 4.78 is 0. The molecule has 0 bridgehead atoms. The number of allylic oxidation sites excluding steroid dienone is 1. The number of carbonyl (C=O) groups excluding carboxylic acids is 1. The van der Waals surface area contributed by atoms with E-state index in [0.717, 1.165) is 25.0 Å². The predicted molar refractivity (Wildman–Crippen MR) is 62.4 cm³/mol. The molecule has 1 aliphatic rings. The van der Waals surface area contributed by atoms with E-state index in [-0.39, 0.29) is 5.91 Å². The van der Waals surface area contributed by atoms with Crippen LogP contribution in [0.1, 0.15) is 33.6 Å². The lowest BCUT2D eigenvalue weighted by atomic mass is 10.1. The zero-order valence-electron chi connectivity index (χ0n) is 9.99. The van der Waals surface area contributed by atoms with Gasteiger partial charge in [0.25, 0.3) is 0 Å². The first-order valence-corrected chi connectivity index (χ1v) is 5.77. The fraction of sp³-hybridized carbons (Fsp3) is 0.750. The van der Waals surface area contributed by atoms with Crippen LogP contribution in [-0.4, -0.2) is 29.9 Å². The van der Waals surface area contributed by atoms with Gasteiger partial charge in [-0.1, -0.05) is 13.0 Å². The second-order valence-corrected chi connectivity index (χ2v) is 4.44. The maximum absolute atomic E-state index is 12.0. The Balaban J connectivity index is 2.65. The maximum Gasteiger partial charge on any atom is 0.249 e. The fourth-order valence-corrected chi connectivity index (χ4v) is 2.22. The van der Waals surface area contributed by atoms with Crippen molar-refractivity contribution in [3.8, 4) is 0 Å². The minimum atomic E-state index is 0.181. The molecular formula is C12H22N2O. The smallest absolute Gasteiger partial charge is 0.249 e. The van der Waals surface area contributed by atoms with Gasteiger partial charge in [0.2, 0.25) is 5.91 Å². The molecule has 86 valence electrons. The minimum absolute atomic E-state index is 0.181. The Hall–Kier alpha value is -0.830. The number of likely N-dealkylation sites (tertiary alicyclic amines) is 1. The Kier molecular flexibility index (Phi) is 4.33. The van der Waals surface area contributed by atoms with E-state index in [1.165, 1.54) is 0 Å². The third-order valence-corrected chi connectivity index (χ3v) is 3.10. The van der Waals surface area contributed by atoms with E-state index in [1.807, 2.05) is 24.8 Å². The zero-order chi connectivity index (χ0) is 11.4. The lowest BCUT2D eigenvalue weighted by Gasteiger charge is -2.21. The van der Waals surface area contributed by atoms with Crippen LogP contribution in [0.4, 0.5) is 0 Å². The lowest BCUT2D eigenvalue weighted by molar-refractivity contribution is -0.127. The Labute approximate surface area is 92.3 Å². The van der Waals surface area contributed by atoms with Crippen molar-refractivity contribution in [2.75, 3.05) is 13.1 Å². The highest BCUT2D eigenvalue weighted by Crippen LogP contribution is 2.23. The third kappa shape index (κ3) is 2.81. The third-order valence-electron chi connectivity index (χ3n) is 3.10. The molecule has 0 aromatic carbocycles. The average molecular weight is 210 g/mol. The zero-order valence-corrected chi connectivity index (χ0v) is 9.99. The molecular weight excluding hydrogens is 188 g/mol. The van der Waals surface area contributed by atoms with Crippen molar-refractivity contribution < 1.29 is 4.79 Å². The monoisotopic (exact) mass is 210 g/mol. The number of hydrogen-bond acceptors (Lipinski definition) is 2. The number of nitrogens with zero attached hydrogens (tertiary/aromatic N) is 1. The quantitative estimate of drug-likeness (QED) is 0.718. The van der Waals surface area contributed by atoms with Gasteiger partial charge in [-0.3, -0.25) is 4.79 Å². The second-order valence-electron chi connectivity index (χ2n) is 4.44. The molecule has 2 N–H and O–H groups in total. The van der Waals surface area contributed by atoms with Crippen LogP contribution in [-0.2, 0) is 4.79 Å². The van der Waals surface area contributed by atoms with Gasteiger partial charge in [-0.15, -0.1) is 0 Å². The molecule has 0 radical (unpaired) electrons. The highest BCUT2D eigenvalue weighted by atomic mass is 16.2. The number of hydrogen-bond donors (Lipinski definition) is 1. The topological polar surface area (TPSA) is 46.3 Å². The summed E-state index contributed by atoms with van der Waals surface area (Å²) in [6.07, 6.45) is 3.95. The molecule has 0 aromatic heterocycles. The fourth-order valence-electron chi connectivity index (χ4n) is 2.22. The molecule has 1 amide bonds. The summed E-state index contributed by atoms with van der Waals surface area (Å²) in [5, 5.41) is 0. The van der Waals surface area contributed by atoms with Crippen LogP contribution in [0.3, 0.4) is 0 Å². The first kappa shape index (κ1) is 12.2. The van der Waals surface area contributed by atoms with Crippen LogP contribution in [0.5, 0.6) is 0 Å². The van der Waals surface area contributed by atoms with Crippen molar-refractivity contribution in [1.82, 2.24) is 4.90 Å². The second kappa shape index (κ2) is 5.31. The first-order valence-electron chi connectivity index (χ1n) is 5.77. The summed E-state index contributed by atoms with van der Waals surface area (Å²) in [5.41, 5.74) is 6.50. The van der Waals surface area contributed by atoms with Crippen molar-refractivity contribution >= 4 is 5.91 Å². The van der Waals surface area contributed by atoms with Crippen LogP contribution in [0.15, 0.2) is 11.6 Å². The van der Waals surface area contributed by atoms with Gasteiger partial charge in [0.15, 0.2) is 0 Å². The molecule has 0 saturated carbocycles. The molecule has 2 atom stereocenters. The summed E-state index contributed by atoms with van der Waals surface area (Å²) in [4.78, 5) is 14.0. The minimum Gasteiger partial charge on any atom is -0.336 e. The average Bonchev–Trinajstić information content (AvgIpc) is 2.59. The molecule has 1 heterocycles. The standard InChI is InChI=1S/C12H22N2O/c1-4-5-9(2)12(15)14-8-11(7-13)6-10(14)3/h5,10-11H,4,6-8,13H2,1-3H3/b9-5-. The van der Waals surface area contributed by atoms with Gasteiger partial charge in [0, 0.05) is 18.2 Å². The first-order chi connectivity index (χ1) is 7.10. The molecule has 0 spiro atoms. The molecule has 1 fully saturated rings. The Morgan fingerprint density at radius 3 is 2.73 bits per heavy atom. The van der Waals surface area contributed by atoms with E-state index in [2.05, 4.69) is 6.92 Å². The number of rotatable bonds is 3. The SMILES string of the molecule is CC/C=C(/C)C(=O)N1CC(CN)CC1C. The van der Waals surface area contributed by atoms with Crippen LogP contribution >= 0.6 is 0 Å². The van der Waals surface area contributed by atoms with Gasteiger partial charge < -0.3 is 10.6 Å². The van der Waals surface area contributed by atoms with Crippen molar-refractivity contribution in [2.24, 2.45) is 11.7 Å². The van der Waals surface area contributed by atoms with Gasteiger partial charge in [-0.2, -0.15) is 0 Å². The van der Waals surface area contributed by atoms with E-state index < -0.39 is 0 Å². The van der Waals surface area contributed by atoms with Gasteiger partial charge in [-0.05, 0) is 39.2 Å². The Bertz CT molecular complexity index is 260. The Morgan fingerprint density at radius 1 is 1.60 bits per heavy atom. The molecule has 2 unspecified atom stereocenters. The summed E-state index contributed by atoms with van der Waals surface area (Å²) >= 11 is 0. The molecule has 3 heteroatoms. The van der Waals surface area contributed by atoms with Crippen molar-refractivity contribution in [2.45, 2.75) is 39.7 Å². The van der Waals surface area contributed by atoms with E-state index in [1.54, 1.807) is 0 Å². The van der Waals surface area contributed by atoms with Gasteiger partial charge >= 0.3 is 0 Å². The molecule has 0 aromatic rings. The van der Waals surface area contributed by atoms with E-state index in [4.69, 9.17) is 5.73 Å². The summed E-state index contributed by atoms with van der Waals surface area (Å²) in [6, 6.07) is 0.339. The number of nitrogens with two attached hydrogens (primary N) is 1. The number of amides is 1. The summed E-state index contributed by atoms with van der Waals surface area (Å²) in [6.45, 7) is 7.56. The Morgan fingerprint density at radius 2 is 2.27 bits per heavy atom. The molecule has 15 heavy (non-hydrogen) atoms. The number of carbonyl (C=O) groups is 1. The highest BCUT2D eigenvalue weighted by molar-refractivity contribution is 5.93. The highest BCUT2D eigenvalue weighted by Gasteiger charge is 2.31. The van der Waals surface area contributed by atoms with Gasteiger partial charge in [0.05, 0.1) is 0 Å². The molecule has 1 aliphatic heterocycles. The van der Waals surface area contributed by atoms with Crippen LogP contribution in [0, 0.1) is 5.92 Å². The summed E-state index contributed by atoms with van der Waals surface area (Å²) in [5.74, 6) is 0.665. The largest absolute Gasteiger partial charge is 0.336 e. The summed E-state index contributed by atoms with van der Waals surface area (Å²) in [7, 11) is 0. The van der Waals surface area contributed by atoms with Crippen molar-refractivity contribution in [3.05, 3.63) is 11.6 Å². The van der Waals surface area contributed by atoms with E-state index >= 15 is 0 Å². The van der Waals surface area contributed by atoms with Gasteiger partial charge in [-0.25, -0.2) is 0 Å². The lowest BCUT2D eigenvalue weighted by Crippen LogP contribution is -2.34. The maximum atomic E-state index is 12.0.